The lowest BCUT2D eigenvalue weighted by molar-refractivity contribution is 0.322. The summed E-state index contributed by atoms with van der Waals surface area (Å²) in [5.41, 5.74) is 1.36. The molecule has 0 saturated carbocycles. The van der Waals surface area contributed by atoms with Gasteiger partial charge in [-0.25, -0.2) is 0 Å². The summed E-state index contributed by atoms with van der Waals surface area (Å²) in [6.07, 6.45) is 1.09. The van der Waals surface area contributed by atoms with Crippen molar-refractivity contribution in [2.75, 3.05) is 20.1 Å². The van der Waals surface area contributed by atoms with Crippen molar-refractivity contribution in [2.24, 2.45) is 0 Å². The highest BCUT2D eigenvalue weighted by molar-refractivity contribution is 7.80. The second-order valence-electron chi connectivity index (χ2n) is 5.13. The Hall–Kier alpha value is -1.13. The molecule has 106 valence electrons. The van der Waals surface area contributed by atoms with Crippen LogP contribution in [-0.4, -0.2) is 36.2 Å². The summed E-state index contributed by atoms with van der Waals surface area (Å²) in [7, 11) is 2.15. The van der Waals surface area contributed by atoms with Gasteiger partial charge in [-0.05, 0) is 51.6 Å². The van der Waals surface area contributed by atoms with Crippen LogP contribution >= 0.6 is 12.2 Å². The van der Waals surface area contributed by atoms with Crippen LogP contribution < -0.4 is 10.6 Å². The molecular weight excluding hydrogens is 254 g/mol. The largest absolute Gasteiger partial charge is 0.363 e. The first-order valence-electron chi connectivity index (χ1n) is 6.84. The van der Waals surface area contributed by atoms with Gasteiger partial charge in [0, 0.05) is 19.1 Å². The van der Waals surface area contributed by atoms with Crippen LogP contribution in [-0.2, 0) is 6.54 Å². The van der Waals surface area contributed by atoms with E-state index in [4.69, 9.17) is 12.2 Å². The van der Waals surface area contributed by atoms with Crippen LogP contribution in [0.1, 0.15) is 25.8 Å². The van der Waals surface area contributed by atoms with Gasteiger partial charge in [-0.1, -0.05) is 30.3 Å². The number of hydrogen-bond acceptors (Lipinski definition) is 2. The standard InChI is InChI=1S/C15H25N3S/c1-13(2)17-15(19)16-10-7-11-18(3)12-14-8-5-4-6-9-14/h4-6,8-9,13H,7,10-12H2,1-3H3,(H2,16,17,19). The van der Waals surface area contributed by atoms with Crippen molar-refractivity contribution < 1.29 is 0 Å². The highest BCUT2D eigenvalue weighted by Gasteiger charge is 2.01. The van der Waals surface area contributed by atoms with E-state index < -0.39 is 0 Å². The van der Waals surface area contributed by atoms with E-state index in [9.17, 15) is 0 Å². The second kappa shape index (κ2) is 8.88. The topological polar surface area (TPSA) is 27.3 Å². The Bertz CT molecular complexity index is 365. The SMILES string of the molecule is CC(C)NC(=S)NCCCN(C)Cc1ccccc1. The number of thiocarbonyl (C=S) groups is 1. The maximum absolute atomic E-state index is 5.18. The summed E-state index contributed by atoms with van der Waals surface area (Å²) in [5.74, 6) is 0. The Balaban J connectivity index is 2.11. The molecule has 0 unspecified atom stereocenters. The molecule has 0 aliphatic carbocycles. The monoisotopic (exact) mass is 279 g/mol. The van der Waals surface area contributed by atoms with Gasteiger partial charge < -0.3 is 15.5 Å². The van der Waals surface area contributed by atoms with Crippen molar-refractivity contribution in [2.45, 2.75) is 32.9 Å². The minimum absolute atomic E-state index is 0.390. The zero-order valence-corrected chi connectivity index (χ0v) is 13.0. The molecule has 0 aliphatic rings. The average molecular weight is 279 g/mol. The van der Waals surface area contributed by atoms with Crippen molar-refractivity contribution in [1.82, 2.24) is 15.5 Å². The maximum atomic E-state index is 5.18. The van der Waals surface area contributed by atoms with Gasteiger partial charge in [0.25, 0.3) is 0 Å². The molecule has 1 rings (SSSR count). The zero-order chi connectivity index (χ0) is 14.1. The first-order valence-corrected chi connectivity index (χ1v) is 7.25. The lowest BCUT2D eigenvalue weighted by Gasteiger charge is -2.17. The van der Waals surface area contributed by atoms with E-state index in [1.54, 1.807) is 0 Å². The van der Waals surface area contributed by atoms with Crippen molar-refractivity contribution >= 4 is 17.3 Å². The minimum Gasteiger partial charge on any atom is -0.363 e. The van der Waals surface area contributed by atoms with E-state index in [0.29, 0.717) is 6.04 Å². The predicted octanol–water partition coefficient (Wildman–Crippen LogP) is 2.38. The van der Waals surface area contributed by atoms with Crippen LogP contribution in [0.15, 0.2) is 30.3 Å². The van der Waals surface area contributed by atoms with Crippen molar-refractivity contribution in [3.63, 3.8) is 0 Å². The quantitative estimate of drug-likeness (QED) is 0.592. The lowest BCUT2D eigenvalue weighted by Crippen LogP contribution is -2.40. The first kappa shape index (κ1) is 15.9. The lowest BCUT2D eigenvalue weighted by atomic mass is 10.2. The fourth-order valence-corrected chi connectivity index (χ4v) is 2.18. The smallest absolute Gasteiger partial charge is 0.166 e. The molecule has 2 N–H and O–H groups in total. The normalized spacial score (nSPS) is 10.8. The van der Waals surface area contributed by atoms with Gasteiger partial charge in [-0.3, -0.25) is 0 Å². The highest BCUT2D eigenvalue weighted by atomic mass is 32.1. The molecule has 1 aromatic rings. The van der Waals surface area contributed by atoms with Crippen LogP contribution in [0.5, 0.6) is 0 Å². The third-order valence-electron chi connectivity index (χ3n) is 2.72. The molecule has 0 atom stereocenters. The van der Waals surface area contributed by atoms with Gasteiger partial charge >= 0.3 is 0 Å². The number of benzene rings is 1. The van der Waals surface area contributed by atoms with Crippen molar-refractivity contribution in [3.05, 3.63) is 35.9 Å². The third-order valence-corrected chi connectivity index (χ3v) is 2.98. The zero-order valence-electron chi connectivity index (χ0n) is 12.1. The number of rotatable bonds is 7. The summed E-state index contributed by atoms with van der Waals surface area (Å²) in [4.78, 5) is 2.33. The first-order chi connectivity index (χ1) is 9.08. The molecule has 0 aliphatic heterocycles. The number of nitrogens with zero attached hydrogens (tertiary/aromatic N) is 1. The van der Waals surface area contributed by atoms with Crippen LogP contribution in [0.3, 0.4) is 0 Å². The fraction of sp³-hybridized carbons (Fsp3) is 0.533. The molecule has 0 heterocycles. The van der Waals surface area contributed by atoms with Crippen LogP contribution in [0.25, 0.3) is 0 Å². The van der Waals surface area contributed by atoms with E-state index in [1.807, 2.05) is 0 Å². The van der Waals surface area contributed by atoms with Gasteiger partial charge in [0.1, 0.15) is 0 Å². The Morgan fingerprint density at radius 1 is 1.26 bits per heavy atom. The van der Waals surface area contributed by atoms with Crippen molar-refractivity contribution in [1.29, 1.82) is 0 Å². The number of hydrogen-bond donors (Lipinski definition) is 2. The highest BCUT2D eigenvalue weighted by Crippen LogP contribution is 2.02. The van der Waals surface area contributed by atoms with Crippen LogP contribution in [0.4, 0.5) is 0 Å². The summed E-state index contributed by atoms with van der Waals surface area (Å²) >= 11 is 5.18. The Morgan fingerprint density at radius 2 is 1.95 bits per heavy atom. The van der Waals surface area contributed by atoms with E-state index in [0.717, 1.165) is 31.2 Å². The van der Waals surface area contributed by atoms with E-state index in [2.05, 4.69) is 66.8 Å². The summed E-state index contributed by atoms with van der Waals surface area (Å²) in [6, 6.07) is 10.9. The molecule has 0 saturated heterocycles. The minimum atomic E-state index is 0.390. The molecule has 0 fully saturated rings. The maximum Gasteiger partial charge on any atom is 0.166 e. The molecule has 0 bridgehead atoms. The van der Waals surface area contributed by atoms with E-state index in [-0.39, 0.29) is 0 Å². The van der Waals surface area contributed by atoms with E-state index in [1.165, 1.54) is 5.56 Å². The van der Waals surface area contributed by atoms with Crippen LogP contribution in [0.2, 0.25) is 0 Å². The van der Waals surface area contributed by atoms with Gasteiger partial charge in [0.15, 0.2) is 5.11 Å². The molecule has 0 amide bonds. The fourth-order valence-electron chi connectivity index (χ4n) is 1.84. The van der Waals surface area contributed by atoms with Crippen LogP contribution in [0, 0.1) is 0 Å². The third kappa shape index (κ3) is 7.80. The Kier molecular flexibility index (Phi) is 7.45. The molecule has 0 radical (unpaired) electrons. The van der Waals surface area contributed by atoms with Gasteiger partial charge in [-0.2, -0.15) is 0 Å². The van der Waals surface area contributed by atoms with Gasteiger partial charge in [-0.15, -0.1) is 0 Å². The molecule has 4 heteroatoms. The molecular formula is C15H25N3S. The van der Waals surface area contributed by atoms with Gasteiger partial charge in [0.2, 0.25) is 0 Å². The molecule has 0 aromatic heterocycles. The summed E-state index contributed by atoms with van der Waals surface area (Å²) in [6.45, 7) is 7.14. The summed E-state index contributed by atoms with van der Waals surface area (Å²) < 4.78 is 0. The Labute approximate surface area is 122 Å². The molecule has 19 heavy (non-hydrogen) atoms. The molecule has 1 aromatic carbocycles. The molecule has 3 nitrogen and oxygen atoms in total. The van der Waals surface area contributed by atoms with E-state index >= 15 is 0 Å². The average Bonchev–Trinajstić information content (AvgIpc) is 2.35. The Morgan fingerprint density at radius 3 is 2.58 bits per heavy atom. The molecule has 0 spiro atoms. The van der Waals surface area contributed by atoms with Gasteiger partial charge in [0.05, 0.1) is 0 Å². The number of nitrogens with one attached hydrogen (secondary N) is 2. The predicted molar refractivity (Wildman–Crippen MR) is 86.3 cm³/mol. The summed E-state index contributed by atoms with van der Waals surface area (Å²) in [5, 5.41) is 7.15. The second-order valence-corrected chi connectivity index (χ2v) is 5.54. The van der Waals surface area contributed by atoms with Crippen molar-refractivity contribution in [3.8, 4) is 0 Å².